The van der Waals surface area contributed by atoms with Crippen molar-refractivity contribution in [2.24, 2.45) is 5.41 Å². The molecule has 1 atom stereocenters. The van der Waals surface area contributed by atoms with Gasteiger partial charge in [-0.25, -0.2) is 0 Å². The maximum Gasteiger partial charge on any atom is 0.288 e. The molecule has 0 bridgehead atoms. The molecule has 0 heterocycles. The molecule has 1 aromatic rings. The summed E-state index contributed by atoms with van der Waals surface area (Å²) in [5, 5.41) is 14.3. The monoisotopic (exact) mass is 254 g/mol. The van der Waals surface area contributed by atoms with Gasteiger partial charge in [0.25, 0.3) is 5.69 Å². The fraction of sp³-hybridized carbons (Fsp3) is 0.500. The van der Waals surface area contributed by atoms with E-state index in [1.54, 1.807) is 6.07 Å². The first kappa shape index (κ1) is 12.3. The molecule has 1 unspecified atom stereocenters. The summed E-state index contributed by atoms with van der Waals surface area (Å²) in [4.78, 5) is 10.3. The van der Waals surface area contributed by atoms with E-state index in [9.17, 15) is 10.1 Å². The first-order valence-corrected chi connectivity index (χ1v) is 5.94. The average Bonchev–Trinajstić information content (AvgIpc) is 2.85. The van der Waals surface area contributed by atoms with Crippen molar-refractivity contribution in [1.82, 2.24) is 5.32 Å². The van der Waals surface area contributed by atoms with E-state index >= 15 is 0 Å². The van der Waals surface area contributed by atoms with E-state index in [0.29, 0.717) is 18.0 Å². The van der Waals surface area contributed by atoms with Crippen LogP contribution >= 0.6 is 11.6 Å². The maximum absolute atomic E-state index is 10.7. The summed E-state index contributed by atoms with van der Waals surface area (Å²) in [5.74, 6) is 0. The highest BCUT2D eigenvalue weighted by atomic mass is 35.5. The third-order valence-corrected chi connectivity index (χ3v) is 3.59. The largest absolute Gasteiger partial charge is 0.309 e. The van der Waals surface area contributed by atoms with E-state index in [-0.39, 0.29) is 10.7 Å². The molecule has 17 heavy (non-hydrogen) atoms. The summed E-state index contributed by atoms with van der Waals surface area (Å²) >= 11 is 5.75. The zero-order valence-corrected chi connectivity index (χ0v) is 10.6. The lowest BCUT2D eigenvalue weighted by atomic mass is 10.1. The minimum absolute atomic E-state index is 0.0268. The highest BCUT2D eigenvalue weighted by Crippen LogP contribution is 2.44. The molecule has 1 aliphatic carbocycles. The van der Waals surface area contributed by atoms with Crippen LogP contribution < -0.4 is 5.32 Å². The predicted octanol–water partition coefficient (Wildman–Crippen LogP) is 3.14. The standard InChI is InChI=1S/C12H15ClN2O2/c1-12(2)6-11(12)14-7-8-3-4-9(13)10(5-8)15(16)17/h3-5,11,14H,6-7H2,1-2H3. The van der Waals surface area contributed by atoms with Crippen molar-refractivity contribution in [3.8, 4) is 0 Å². The Kier molecular flexibility index (Phi) is 3.10. The number of nitrogens with zero attached hydrogens (tertiary/aromatic N) is 1. The van der Waals surface area contributed by atoms with Gasteiger partial charge in [-0.15, -0.1) is 0 Å². The van der Waals surface area contributed by atoms with Crippen molar-refractivity contribution in [3.05, 3.63) is 38.9 Å². The summed E-state index contributed by atoms with van der Waals surface area (Å²) in [6, 6.07) is 5.44. The minimum atomic E-state index is -0.451. The van der Waals surface area contributed by atoms with Crippen LogP contribution in [0.15, 0.2) is 18.2 Å². The molecule has 4 nitrogen and oxygen atoms in total. The molecular weight excluding hydrogens is 240 g/mol. The van der Waals surface area contributed by atoms with E-state index in [1.807, 2.05) is 6.07 Å². The zero-order valence-electron chi connectivity index (χ0n) is 9.87. The summed E-state index contributed by atoms with van der Waals surface area (Å²) in [6.07, 6.45) is 1.16. The Morgan fingerprint density at radius 2 is 2.24 bits per heavy atom. The fourth-order valence-electron chi connectivity index (χ4n) is 1.86. The Bertz CT molecular complexity index is 460. The molecule has 0 radical (unpaired) electrons. The van der Waals surface area contributed by atoms with Gasteiger partial charge in [-0.05, 0) is 23.5 Å². The number of hydrogen-bond acceptors (Lipinski definition) is 3. The molecule has 0 aliphatic heterocycles. The van der Waals surface area contributed by atoms with Crippen LogP contribution in [0.2, 0.25) is 5.02 Å². The van der Waals surface area contributed by atoms with Gasteiger partial charge in [-0.3, -0.25) is 10.1 Å². The van der Waals surface area contributed by atoms with Crippen LogP contribution in [0.1, 0.15) is 25.8 Å². The number of nitro benzene ring substituents is 1. The van der Waals surface area contributed by atoms with Crippen molar-refractivity contribution in [2.75, 3.05) is 0 Å². The molecule has 1 aromatic carbocycles. The van der Waals surface area contributed by atoms with Gasteiger partial charge in [0.05, 0.1) is 4.92 Å². The van der Waals surface area contributed by atoms with Crippen LogP contribution in [0.4, 0.5) is 5.69 Å². The number of rotatable bonds is 4. The van der Waals surface area contributed by atoms with Gasteiger partial charge < -0.3 is 5.32 Å². The molecule has 92 valence electrons. The van der Waals surface area contributed by atoms with Crippen LogP contribution in [-0.4, -0.2) is 11.0 Å². The van der Waals surface area contributed by atoms with Crippen LogP contribution in [0.3, 0.4) is 0 Å². The summed E-state index contributed by atoms with van der Waals surface area (Å²) < 4.78 is 0. The summed E-state index contributed by atoms with van der Waals surface area (Å²) in [6.45, 7) is 5.05. The van der Waals surface area contributed by atoms with Gasteiger partial charge in [0, 0.05) is 18.7 Å². The average molecular weight is 255 g/mol. The van der Waals surface area contributed by atoms with Crippen LogP contribution in [0.5, 0.6) is 0 Å². The first-order valence-electron chi connectivity index (χ1n) is 5.56. The highest BCUT2D eigenvalue weighted by molar-refractivity contribution is 6.32. The molecule has 0 saturated heterocycles. The molecule has 0 amide bonds. The number of hydrogen-bond donors (Lipinski definition) is 1. The van der Waals surface area contributed by atoms with Gasteiger partial charge in [0.15, 0.2) is 0 Å². The Labute approximate surface area is 105 Å². The quantitative estimate of drug-likeness (QED) is 0.663. The molecule has 0 spiro atoms. The molecule has 1 fully saturated rings. The van der Waals surface area contributed by atoms with Crippen molar-refractivity contribution in [2.45, 2.75) is 32.9 Å². The number of benzene rings is 1. The SMILES string of the molecule is CC1(C)CC1NCc1ccc(Cl)c([N+](=O)[O-])c1. The summed E-state index contributed by atoms with van der Waals surface area (Å²) in [7, 11) is 0. The van der Waals surface area contributed by atoms with Crippen LogP contribution in [0, 0.1) is 15.5 Å². The van der Waals surface area contributed by atoms with Crippen LogP contribution in [0.25, 0.3) is 0 Å². The second-order valence-corrected chi connectivity index (χ2v) is 5.58. The number of nitro groups is 1. The molecule has 1 N–H and O–H groups in total. The third-order valence-electron chi connectivity index (χ3n) is 3.27. The first-order chi connectivity index (χ1) is 7.90. The second kappa shape index (κ2) is 4.27. The highest BCUT2D eigenvalue weighted by Gasteiger charge is 2.44. The lowest BCUT2D eigenvalue weighted by Gasteiger charge is -2.07. The van der Waals surface area contributed by atoms with Gasteiger partial charge in [0.1, 0.15) is 5.02 Å². The number of halogens is 1. The van der Waals surface area contributed by atoms with Crippen molar-refractivity contribution in [1.29, 1.82) is 0 Å². The smallest absolute Gasteiger partial charge is 0.288 e. The van der Waals surface area contributed by atoms with E-state index < -0.39 is 4.92 Å². The van der Waals surface area contributed by atoms with Gasteiger partial charge >= 0.3 is 0 Å². The van der Waals surface area contributed by atoms with E-state index in [0.717, 1.165) is 12.0 Å². The van der Waals surface area contributed by atoms with E-state index in [1.165, 1.54) is 6.07 Å². The third kappa shape index (κ3) is 2.76. The summed E-state index contributed by atoms with van der Waals surface area (Å²) in [5.41, 5.74) is 1.23. The van der Waals surface area contributed by atoms with Gasteiger partial charge in [0.2, 0.25) is 0 Å². The fourth-order valence-corrected chi connectivity index (χ4v) is 2.05. The van der Waals surface area contributed by atoms with Crippen molar-refractivity contribution in [3.63, 3.8) is 0 Å². The lowest BCUT2D eigenvalue weighted by Crippen LogP contribution is -2.19. The van der Waals surface area contributed by atoms with Crippen molar-refractivity contribution < 1.29 is 4.92 Å². The Morgan fingerprint density at radius 3 is 2.76 bits per heavy atom. The normalized spacial score (nSPS) is 21.2. The Morgan fingerprint density at radius 1 is 1.59 bits per heavy atom. The molecular formula is C12H15ClN2O2. The molecule has 1 saturated carbocycles. The molecule has 2 rings (SSSR count). The molecule has 5 heteroatoms. The zero-order chi connectivity index (χ0) is 12.6. The topological polar surface area (TPSA) is 55.2 Å². The second-order valence-electron chi connectivity index (χ2n) is 5.17. The Hall–Kier alpha value is -1.13. The van der Waals surface area contributed by atoms with E-state index in [4.69, 9.17) is 11.6 Å². The molecule has 1 aliphatic rings. The van der Waals surface area contributed by atoms with Gasteiger partial charge in [-0.1, -0.05) is 31.5 Å². The lowest BCUT2D eigenvalue weighted by molar-refractivity contribution is -0.384. The molecule has 0 aromatic heterocycles. The predicted molar refractivity (Wildman–Crippen MR) is 67.1 cm³/mol. The van der Waals surface area contributed by atoms with Crippen molar-refractivity contribution >= 4 is 17.3 Å². The number of nitrogens with one attached hydrogen (secondary N) is 1. The minimum Gasteiger partial charge on any atom is -0.309 e. The Balaban J connectivity index is 2.02. The van der Waals surface area contributed by atoms with E-state index in [2.05, 4.69) is 19.2 Å². The van der Waals surface area contributed by atoms with Crippen LogP contribution in [-0.2, 0) is 6.54 Å². The van der Waals surface area contributed by atoms with Gasteiger partial charge in [-0.2, -0.15) is 0 Å². The maximum atomic E-state index is 10.7.